The molecule has 0 spiro atoms. The molecule has 0 fully saturated rings. The van der Waals surface area contributed by atoms with Gasteiger partial charge in [-0.05, 0) is 37.1 Å². The SMILES string of the molecule is COc1cccc(C(=O)c2ncc(C)cc2C)c1. The van der Waals surface area contributed by atoms with Crippen LogP contribution in [0.3, 0.4) is 0 Å². The zero-order valence-electron chi connectivity index (χ0n) is 10.7. The number of methoxy groups -OCH3 is 1. The second-order valence-corrected chi connectivity index (χ2v) is 4.24. The van der Waals surface area contributed by atoms with Gasteiger partial charge >= 0.3 is 0 Å². The van der Waals surface area contributed by atoms with Gasteiger partial charge in [-0.1, -0.05) is 18.2 Å². The van der Waals surface area contributed by atoms with Gasteiger partial charge in [-0.15, -0.1) is 0 Å². The first-order valence-corrected chi connectivity index (χ1v) is 5.74. The summed E-state index contributed by atoms with van der Waals surface area (Å²) in [6.07, 6.45) is 1.71. The van der Waals surface area contributed by atoms with Crippen molar-refractivity contribution in [3.05, 3.63) is 58.9 Å². The van der Waals surface area contributed by atoms with Crippen LogP contribution >= 0.6 is 0 Å². The van der Waals surface area contributed by atoms with Crippen molar-refractivity contribution < 1.29 is 9.53 Å². The molecule has 0 saturated heterocycles. The van der Waals surface area contributed by atoms with E-state index in [2.05, 4.69) is 4.98 Å². The summed E-state index contributed by atoms with van der Waals surface area (Å²) in [5.41, 5.74) is 3.03. The van der Waals surface area contributed by atoms with Crippen molar-refractivity contribution in [3.8, 4) is 5.75 Å². The topological polar surface area (TPSA) is 39.2 Å². The number of carbonyl (C=O) groups is 1. The Morgan fingerprint density at radius 3 is 2.67 bits per heavy atom. The number of ketones is 1. The Balaban J connectivity index is 2.41. The summed E-state index contributed by atoms with van der Waals surface area (Å²) in [6.45, 7) is 3.85. The van der Waals surface area contributed by atoms with Gasteiger partial charge in [-0.25, -0.2) is 0 Å². The second kappa shape index (κ2) is 5.00. The summed E-state index contributed by atoms with van der Waals surface area (Å²) in [5.74, 6) is 0.594. The summed E-state index contributed by atoms with van der Waals surface area (Å²) in [7, 11) is 1.58. The predicted octanol–water partition coefficient (Wildman–Crippen LogP) is 2.94. The molecule has 0 aliphatic heterocycles. The number of carbonyl (C=O) groups excluding carboxylic acids is 1. The highest BCUT2D eigenvalue weighted by Crippen LogP contribution is 2.17. The normalized spacial score (nSPS) is 10.2. The Labute approximate surface area is 106 Å². The Morgan fingerprint density at radius 2 is 2.00 bits per heavy atom. The van der Waals surface area contributed by atoms with Gasteiger partial charge in [0, 0.05) is 11.8 Å². The van der Waals surface area contributed by atoms with Gasteiger partial charge in [0.15, 0.2) is 0 Å². The number of aromatic nitrogens is 1. The minimum Gasteiger partial charge on any atom is -0.497 e. The van der Waals surface area contributed by atoms with Crippen molar-refractivity contribution in [2.24, 2.45) is 0 Å². The molecule has 3 nitrogen and oxygen atoms in total. The maximum absolute atomic E-state index is 12.3. The minimum atomic E-state index is -0.0774. The molecular formula is C15H15NO2. The first-order chi connectivity index (χ1) is 8.61. The van der Waals surface area contributed by atoms with Crippen LogP contribution in [0.1, 0.15) is 27.2 Å². The number of hydrogen-bond donors (Lipinski definition) is 0. The Hall–Kier alpha value is -2.16. The average molecular weight is 241 g/mol. The third-order valence-electron chi connectivity index (χ3n) is 2.76. The molecule has 2 aromatic rings. The lowest BCUT2D eigenvalue weighted by Gasteiger charge is -2.06. The molecular weight excluding hydrogens is 226 g/mol. The number of nitrogens with zero attached hydrogens (tertiary/aromatic N) is 1. The third kappa shape index (κ3) is 2.40. The molecule has 0 atom stereocenters. The summed E-state index contributed by atoms with van der Waals surface area (Å²) in [6, 6.07) is 9.07. The van der Waals surface area contributed by atoms with E-state index in [0.717, 1.165) is 11.1 Å². The number of hydrogen-bond acceptors (Lipinski definition) is 3. The maximum atomic E-state index is 12.3. The van der Waals surface area contributed by atoms with E-state index >= 15 is 0 Å². The van der Waals surface area contributed by atoms with Crippen molar-refractivity contribution in [2.45, 2.75) is 13.8 Å². The van der Waals surface area contributed by atoms with E-state index in [9.17, 15) is 4.79 Å². The number of ether oxygens (including phenoxy) is 1. The number of pyridine rings is 1. The number of rotatable bonds is 3. The first kappa shape index (κ1) is 12.3. The van der Waals surface area contributed by atoms with E-state index in [4.69, 9.17) is 4.74 Å². The maximum Gasteiger partial charge on any atom is 0.211 e. The number of benzene rings is 1. The van der Waals surface area contributed by atoms with E-state index in [-0.39, 0.29) is 5.78 Å². The van der Waals surface area contributed by atoms with Crippen LogP contribution in [0, 0.1) is 13.8 Å². The fourth-order valence-corrected chi connectivity index (χ4v) is 1.85. The van der Waals surface area contributed by atoms with Gasteiger partial charge in [-0.3, -0.25) is 9.78 Å². The monoisotopic (exact) mass is 241 g/mol. The van der Waals surface area contributed by atoms with Gasteiger partial charge in [-0.2, -0.15) is 0 Å². The quantitative estimate of drug-likeness (QED) is 0.775. The van der Waals surface area contributed by atoms with Gasteiger partial charge in [0.2, 0.25) is 5.78 Å². The first-order valence-electron chi connectivity index (χ1n) is 5.74. The van der Waals surface area contributed by atoms with Crippen molar-refractivity contribution >= 4 is 5.78 Å². The Bertz CT molecular complexity index is 591. The largest absolute Gasteiger partial charge is 0.497 e. The van der Waals surface area contributed by atoms with Crippen LogP contribution in [0.5, 0.6) is 5.75 Å². The molecule has 3 heteroatoms. The van der Waals surface area contributed by atoms with Crippen LogP contribution in [0.25, 0.3) is 0 Å². The lowest BCUT2D eigenvalue weighted by molar-refractivity contribution is 0.103. The molecule has 0 radical (unpaired) electrons. The van der Waals surface area contributed by atoms with E-state index < -0.39 is 0 Å². The predicted molar refractivity (Wildman–Crippen MR) is 70.1 cm³/mol. The molecule has 0 aliphatic rings. The van der Waals surface area contributed by atoms with Crippen LogP contribution in [-0.2, 0) is 0 Å². The highest BCUT2D eigenvalue weighted by atomic mass is 16.5. The molecule has 1 heterocycles. The molecule has 0 saturated carbocycles. The summed E-state index contributed by atoms with van der Waals surface area (Å²) < 4.78 is 5.12. The van der Waals surface area contributed by atoms with E-state index in [1.807, 2.05) is 26.0 Å². The Kier molecular flexibility index (Phi) is 3.42. The molecule has 1 aromatic carbocycles. The Morgan fingerprint density at radius 1 is 1.22 bits per heavy atom. The molecule has 0 unspecified atom stereocenters. The van der Waals surface area contributed by atoms with Crippen LogP contribution in [-0.4, -0.2) is 17.9 Å². The highest BCUT2D eigenvalue weighted by molar-refractivity contribution is 6.08. The average Bonchev–Trinajstić information content (AvgIpc) is 2.38. The van der Waals surface area contributed by atoms with Crippen molar-refractivity contribution in [3.63, 3.8) is 0 Å². The summed E-state index contributed by atoms with van der Waals surface area (Å²) >= 11 is 0. The molecule has 92 valence electrons. The highest BCUT2D eigenvalue weighted by Gasteiger charge is 2.13. The van der Waals surface area contributed by atoms with Crippen LogP contribution in [0.2, 0.25) is 0 Å². The minimum absolute atomic E-state index is 0.0774. The van der Waals surface area contributed by atoms with Crippen LogP contribution in [0.15, 0.2) is 36.5 Å². The molecule has 2 rings (SSSR count). The number of aryl methyl sites for hydroxylation is 2. The zero-order valence-corrected chi connectivity index (χ0v) is 10.7. The molecule has 0 N–H and O–H groups in total. The smallest absolute Gasteiger partial charge is 0.211 e. The standard InChI is InChI=1S/C15H15NO2/c1-10-7-11(2)14(16-9-10)15(17)12-5-4-6-13(8-12)18-3/h4-9H,1-3H3. The second-order valence-electron chi connectivity index (χ2n) is 4.24. The van der Waals surface area contributed by atoms with Crippen molar-refractivity contribution in [2.75, 3.05) is 7.11 Å². The van der Waals surface area contributed by atoms with Crippen LogP contribution in [0.4, 0.5) is 0 Å². The van der Waals surface area contributed by atoms with E-state index in [1.165, 1.54) is 0 Å². The van der Waals surface area contributed by atoms with Crippen molar-refractivity contribution in [1.29, 1.82) is 0 Å². The van der Waals surface area contributed by atoms with Crippen LogP contribution < -0.4 is 4.74 Å². The molecule has 0 bridgehead atoms. The molecule has 0 aliphatic carbocycles. The third-order valence-corrected chi connectivity index (χ3v) is 2.76. The fraction of sp³-hybridized carbons (Fsp3) is 0.200. The van der Waals surface area contributed by atoms with E-state index in [1.54, 1.807) is 31.5 Å². The van der Waals surface area contributed by atoms with E-state index in [0.29, 0.717) is 17.0 Å². The summed E-state index contributed by atoms with van der Waals surface area (Å²) in [5, 5.41) is 0. The van der Waals surface area contributed by atoms with Crippen molar-refractivity contribution in [1.82, 2.24) is 4.98 Å². The fourth-order valence-electron chi connectivity index (χ4n) is 1.85. The summed E-state index contributed by atoms with van der Waals surface area (Å²) in [4.78, 5) is 16.5. The van der Waals surface area contributed by atoms with Gasteiger partial charge in [0.1, 0.15) is 11.4 Å². The molecule has 18 heavy (non-hydrogen) atoms. The lowest BCUT2D eigenvalue weighted by Crippen LogP contribution is -2.07. The zero-order chi connectivity index (χ0) is 13.1. The lowest BCUT2D eigenvalue weighted by atomic mass is 10.0. The van der Waals surface area contributed by atoms with Gasteiger partial charge in [0.05, 0.1) is 7.11 Å². The molecule has 1 aromatic heterocycles. The van der Waals surface area contributed by atoms with Gasteiger partial charge < -0.3 is 4.74 Å². The van der Waals surface area contributed by atoms with Gasteiger partial charge in [0.25, 0.3) is 0 Å². The molecule has 0 amide bonds.